The first kappa shape index (κ1) is 14.8. The van der Waals surface area contributed by atoms with Gasteiger partial charge in [-0.25, -0.2) is 0 Å². The van der Waals surface area contributed by atoms with E-state index in [0.717, 1.165) is 47.6 Å². The van der Waals surface area contributed by atoms with Crippen molar-refractivity contribution in [3.63, 3.8) is 0 Å². The average molecular weight is 306 g/mol. The first-order valence-corrected chi connectivity index (χ1v) is 7.14. The fourth-order valence-electron chi connectivity index (χ4n) is 3.07. The minimum atomic E-state index is -4.28. The number of anilines is 2. The van der Waals surface area contributed by atoms with E-state index in [-0.39, 0.29) is 0 Å². The van der Waals surface area contributed by atoms with E-state index in [1.165, 1.54) is 5.56 Å². The molecule has 3 rings (SSSR count). The number of nitrogens with zero attached hydrogens (tertiary/aromatic N) is 1. The highest BCUT2D eigenvalue weighted by Gasteiger charge is 2.30. The van der Waals surface area contributed by atoms with Crippen molar-refractivity contribution in [2.45, 2.75) is 26.1 Å². The molecule has 2 nitrogen and oxygen atoms in total. The van der Waals surface area contributed by atoms with E-state index >= 15 is 0 Å². The van der Waals surface area contributed by atoms with Gasteiger partial charge in [-0.1, -0.05) is 12.1 Å². The second-order valence-corrected chi connectivity index (χ2v) is 5.71. The van der Waals surface area contributed by atoms with Crippen LogP contribution in [0.15, 0.2) is 36.4 Å². The van der Waals surface area contributed by atoms with Crippen LogP contribution < -0.4 is 10.6 Å². The van der Waals surface area contributed by atoms with E-state index in [9.17, 15) is 13.2 Å². The molecule has 0 spiro atoms. The van der Waals surface area contributed by atoms with E-state index < -0.39 is 11.7 Å². The van der Waals surface area contributed by atoms with Crippen LogP contribution in [0.25, 0.3) is 0 Å². The molecule has 0 aliphatic carbocycles. The maximum atomic E-state index is 12.6. The third-order valence-corrected chi connectivity index (χ3v) is 4.02. The van der Waals surface area contributed by atoms with Crippen LogP contribution in [0.1, 0.15) is 22.3 Å². The van der Waals surface area contributed by atoms with E-state index in [1.54, 1.807) is 12.1 Å². The van der Waals surface area contributed by atoms with Crippen molar-refractivity contribution in [3.05, 3.63) is 58.7 Å². The molecule has 2 N–H and O–H groups in total. The first-order chi connectivity index (χ1) is 10.3. The van der Waals surface area contributed by atoms with Crippen molar-refractivity contribution in [1.29, 1.82) is 0 Å². The van der Waals surface area contributed by atoms with Crippen molar-refractivity contribution >= 4 is 11.4 Å². The Morgan fingerprint density at radius 1 is 1.14 bits per heavy atom. The van der Waals surface area contributed by atoms with Crippen molar-refractivity contribution in [1.82, 2.24) is 0 Å². The van der Waals surface area contributed by atoms with Crippen LogP contribution in [0, 0.1) is 6.92 Å². The molecule has 116 valence electrons. The summed E-state index contributed by atoms with van der Waals surface area (Å²) in [6, 6.07) is 9.30. The number of alkyl halides is 3. The van der Waals surface area contributed by atoms with Crippen LogP contribution in [0.2, 0.25) is 0 Å². The molecule has 1 aliphatic heterocycles. The van der Waals surface area contributed by atoms with Gasteiger partial charge in [0, 0.05) is 24.5 Å². The fraction of sp³-hybridized carbons (Fsp3) is 0.294. The monoisotopic (exact) mass is 306 g/mol. The second kappa shape index (κ2) is 5.23. The highest BCUT2D eigenvalue weighted by Crippen LogP contribution is 2.35. The Hall–Kier alpha value is -2.17. The molecule has 0 atom stereocenters. The quantitative estimate of drug-likeness (QED) is 0.844. The molecule has 0 amide bonds. The van der Waals surface area contributed by atoms with Gasteiger partial charge in [-0.2, -0.15) is 13.2 Å². The van der Waals surface area contributed by atoms with Gasteiger partial charge < -0.3 is 10.6 Å². The number of rotatable bonds is 2. The predicted octanol–water partition coefficient (Wildman–Crippen LogP) is 4.16. The molecule has 0 saturated heterocycles. The highest BCUT2D eigenvalue weighted by molar-refractivity contribution is 5.67. The van der Waals surface area contributed by atoms with Gasteiger partial charge in [0.15, 0.2) is 0 Å². The van der Waals surface area contributed by atoms with Crippen LogP contribution in [-0.2, 0) is 19.1 Å². The summed E-state index contributed by atoms with van der Waals surface area (Å²) in [5, 5.41) is 0. The predicted molar refractivity (Wildman–Crippen MR) is 81.8 cm³/mol. The number of nitrogen functional groups attached to an aromatic ring is 1. The van der Waals surface area contributed by atoms with Gasteiger partial charge in [-0.3, -0.25) is 0 Å². The van der Waals surface area contributed by atoms with E-state index in [1.807, 2.05) is 19.1 Å². The number of hydrogen-bond acceptors (Lipinski definition) is 2. The SMILES string of the molecule is Cc1cc(N)cc2c1N(Cc1ccc(C(F)(F)F)cc1)CC2. The number of hydrogen-bond donors (Lipinski definition) is 1. The highest BCUT2D eigenvalue weighted by atomic mass is 19.4. The standard InChI is InChI=1S/C17H17F3N2/c1-11-8-15(21)9-13-6-7-22(16(11)13)10-12-2-4-14(5-3-12)17(18,19)20/h2-5,8-9H,6-7,10,21H2,1H3. The molecule has 2 aromatic rings. The molecular weight excluding hydrogens is 289 g/mol. The molecule has 1 heterocycles. The van der Waals surface area contributed by atoms with E-state index in [4.69, 9.17) is 5.73 Å². The first-order valence-electron chi connectivity index (χ1n) is 7.14. The van der Waals surface area contributed by atoms with Gasteiger partial charge in [0.2, 0.25) is 0 Å². The third kappa shape index (κ3) is 2.75. The molecule has 0 aromatic heterocycles. The number of halogens is 3. The lowest BCUT2D eigenvalue weighted by molar-refractivity contribution is -0.137. The van der Waals surface area contributed by atoms with Crippen LogP contribution in [-0.4, -0.2) is 6.54 Å². The summed E-state index contributed by atoms with van der Waals surface area (Å²) in [6.07, 6.45) is -3.37. The lowest BCUT2D eigenvalue weighted by Crippen LogP contribution is -2.20. The molecule has 5 heteroatoms. The largest absolute Gasteiger partial charge is 0.416 e. The van der Waals surface area contributed by atoms with Crippen molar-refractivity contribution in [2.75, 3.05) is 17.2 Å². The van der Waals surface area contributed by atoms with Crippen LogP contribution in [0.3, 0.4) is 0 Å². The van der Waals surface area contributed by atoms with Crippen molar-refractivity contribution in [3.8, 4) is 0 Å². The van der Waals surface area contributed by atoms with Crippen LogP contribution in [0.5, 0.6) is 0 Å². The Morgan fingerprint density at radius 3 is 2.45 bits per heavy atom. The average Bonchev–Trinajstić information content (AvgIpc) is 2.81. The lowest BCUT2D eigenvalue weighted by atomic mass is 10.1. The van der Waals surface area contributed by atoms with Crippen molar-refractivity contribution < 1.29 is 13.2 Å². The molecule has 0 bridgehead atoms. The van der Waals surface area contributed by atoms with Crippen LogP contribution >= 0.6 is 0 Å². The summed E-state index contributed by atoms with van der Waals surface area (Å²) in [7, 11) is 0. The Kier molecular flexibility index (Phi) is 3.51. The molecule has 0 fully saturated rings. The van der Waals surface area contributed by atoms with Crippen molar-refractivity contribution in [2.24, 2.45) is 0 Å². The minimum absolute atomic E-state index is 0.607. The second-order valence-electron chi connectivity index (χ2n) is 5.71. The zero-order chi connectivity index (χ0) is 15.9. The summed E-state index contributed by atoms with van der Waals surface area (Å²) in [5.41, 5.74) is 10.4. The van der Waals surface area contributed by atoms with Gasteiger partial charge >= 0.3 is 6.18 Å². The molecular formula is C17H17F3N2. The maximum Gasteiger partial charge on any atom is 0.416 e. The maximum absolute atomic E-state index is 12.6. The summed E-state index contributed by atoms with van der Waals surface area (Å²) < 4.78 is 37.8. The molecule has 2 aromatic carbocycles. The summed E-state index contributed by atoms with van der Waals surface area (Å²) in [5.74, 6) is 0. The van der Waals surface area contributed by atoms with Gasteiger partial charge in [-0.05, 0) is 54.3 Å². The molecule has 0 saturated carbocycles. The summed E-state index contributed by atoms with van der Waals surface area (Å²) in [6.45, 7) is 3.48. The Bertz CT molecular complexity index is 690. The smallest absolute Gasteiger partial charge is 0.399 e. The Morgan fingerprint density at radius 2 is 1.82 bits per heavy atom. The molecule has 0 unspecified atom stereocenters. The van der Waals surface area contributed by atoms with Gasteiger partial charge in [-0.15, -0.1) is 0 Å². The van der Waals surface area contributed by atoms with E-state index in [0.29, 0.717) is 6.54 Å². The molecule has 22 heavy (non-hydrogen) atoms. The third-order valence-electron chi connectivity index (χ3n) is 4.02. The number of nitrogens with two attached hydrogens (primary N) is 1. The minimum Gasteiger partial charge on any atom is -0.399 e. The van der Waals surface area contributed by atoms with Gasteiger partial charge in [0.05, 0.1) is 5.56 Å². The van der Waals surface area contributed by atoms with Gasteiger partial charge in [0.1, 0.15) is 0 Å². The Balaban J connectivity index is 1.82. The topological polar surface area (TPSA) is 29.3 Å². The summed E-state index contributed by atoms with van der Waals surface area (Å²) in [4.78, 5) is 2.20. The zero-order valence-corrected chi connectivity index (χ0v) is 12.2. The van der Waals surface area contributed by atoms with Gasteiger partial charge in [0.25, 0.3) is 0 Å². The number of aryl methyl sites for hydroxylation is 1. The molecule has 1 aliphatic rings. The normalized spacial score (nSPS) is 14.3. The number of fused-ring (bicyclic) bond motifs is 1. The fourth-order valence-corrected chi connectivity index (χ4v) is 3.07. The lowest BCUT2D eigenvalue weighted by Gasteiger charge is -2.22. The number of benzene rings is 2. The Labute approximate surface area is 127 Å². The van der Waals surface area contributed by atoms with E-state index in [2.05, 4.69) is 4.90 Å². The molecule has 0 radical (unpaired) electrons. The van der Waals surface area contributed by atoms with Crippen LogP contribution in [0.4, 0.5) is 24.5 Å². The zero-order valence-electron chi connectivity index (χ0n) is 12.2. The summed E-state index contributed by atoms with van der Waals surface area (Å²) >= 11 is 0.